The number of aliphatic hydroxyl groups is 1. The normalized spacial score (nSPS) is 17.9. The van der Waals surface area contributed by atoms with Gasteiger partial charge in [0.15, 0.2) is 6.29 Å². The van der Waals surface area contributed by atoms with Crippen molar-refractivity contribution in [1.29, 1.82) is 0 Å². The van der Waals surface area contributed by atoms with Crippen LogP contribution in [0.3, 0.4) is 0 Å². The number of ether oxygens (including phenoxy) is 7. The Morgan fingerprint density at radius 2 is 0.929 bits per heavy atom. The van der Waals surface area contributed by atoms with Gasteiger partial charge in [0.1, 0.15) is 30.5 Å². The van der Waals surface area contributed by atoms with E-state index in [0.717, 1.165) is 96.7 Å². The molecule has 1 fully saturated rings. The summed E-state index contributed by atoms with van der Waals surface area (Å²) in [4.78, 5) is 26.9. The maximum atomic E-state index is 14.1. The summed E-state index contributed by atoms with van der Waals surface area (Å²) in [5.41, 5.74) is 7.77. The van der Waals surface area contributed by atoms with Gasteiger partial charge in [0, 0.05) is 18.5 Å². The number of carbonyl (C=O) groups excluding carboxylic acids is 2. The molecule has 3 unspecified atom stereocenters. The van der Waals surface area contributed by atoms with Crippen molar-refractivity contribution < 1.29 is 47.9 Å². The molecule has 1 saturated heterocycles. The molecule has 0 aromatic heterocycles. The highest BCUT2D eigenvalue weighted by molar-refractivity contribution is 5.94. The largest absolute Gasteiger partial charge is 0.390 e. The summed E-state index contributed by atoms with van der Waals surface area (Å²) in [7, 11) is 0. The first-order chi connectivity index (χ1) is 41.4. The maximum Gasteiger partial charge on any atom is 0.251 e. The Morgan fingerprint density at radius 3 is 1.45 bits per heavy atom. The molecule has 0 aliphatic carbocycles. The highest BCUT2D eigenvalue weighted by atomic mass is 16.7. The molecule has 1 aliphatic rings. The van der Waals surface area contributed by atoms with E-state index >= 15 is 0 Å². The van der Waals surface area contributed by atoms with E-state index < -0.39 is 49.0 Å². The van der Waals surface area contributed by atoms with Gasteiger partial charge in [0.25, 0.3) is 5.91 Å². The molecular formula is C72H86N2O10. The fourth-order valence-electron chi connectivity index (χ4n) is 10.5. The molecule has 0 radical (unpaired) electrons. The zero-order chi connectivity index (χ0) is 58.2. The van der Waals surface area contributed by atoms with Gasteiger partial charge in [-0.25, -0.2) is 0 Å². The predicted molar refractivity (Wildman–Crippen MR) is 329 cm³/mol. The summed E-state index contributed by atoms with van der Waals surface area (Å²) in [6, 6.07) is 66.9. The fraction of sp³-hybridized carbons (Fsp3) is 0.389. The van der Waals surface area contributed by atoms with Crippen molar-refractivity contribution in [2.24, 2.45) is 0 Å². The predicted octanol–water partition coefficient (Wildman–Crippen LogP) is 13.5. The molecule has 7 aromatic rings. The van der Waals surface area contributed by atoms with Crippen LogP contribution in [0.15, 0.2) is 206 Å². The first kappa shape index (κ1) is 63.2. The average Bonchev–Trinajstić information content (AvgIpc) is 3.59. The molecule has 2 amide bonds. The molecule has 1 heterocycles. The quantitative estimate of drug-likeness (QED) is 0.0322. The molecule has 8 atom stereocenters. The van der Waals surface area contributed by atoms with E-state index in [9.17, 15) is 14.7 Å². The standard InChI is InChI=1S/C72H86N2O10/c1-2-64(75)67(79-49-56-32-18-11-19-33-56)63(74-66(76)42-28-8-6-4-3-5-7-9-29-47-73-71(77)62-45-43-61(44-46-62)60-40-26-15-27-41-60)53-83-72-70(82-52-59-38-24-14-25-39-59)69(81-51-58-36-22-13-23-37-58)68(80-50-57-34-20-12-21-35-57)65(84-72)54-78-48-55-30-16-10-17-31-55/h10-27,30-41,43-46,63-65,67-70,72,75H,2-9,28-29,42,47-54H2,1H3,(H,73,77)(H,74,76)/t63-,64+,65?,67-,68-,69?,70?,72-/m0/s1. The third-order valence-corrected chi connectivity index (χ3v) is 15.2. The van der Waals surface area contributed by atoms with E-state index in [1.807, 2.05) is 201 Å². The minimum absolute atomic E-state index is 0.0393. The number of rotatable bonds is 37. The van der Waals surface area contributed by atoms with Crippen LogP contribution >= 0.6 is 0 Å². The van der Waals surface area contributed by atoms with Crippen LogP contribution in [0.4, 0.5) is 0 Å². The van der Waals surface area contributed by atoms with Crippen LogP contribution in [-0.2, 0) is 71.0 Å². The lowest BCUT2D eigenvalue weighted by Gasteiger charge is -2.46. The summed E-state index contributed by atoms with van der Waals surface area (Å²) in [6.45, 7) is 3.97. The minimum Gasteiger partial charge on any atom is -0.390 e. The molecule has 12 heteroatoms. The molecule has 12 nitrogen and oxygen atoms in total. The number of aliphatic hydroxyl groups excluding tert-OH is 1. The lowest BCUT2D eigenvalue weighted by molar-refractivity contribution is -0.330. The van der Waals surface area contributed by atoms with Gasteiger partial charge in [0.2, 0.25) is 5.91 Å². The Balaban J connectivity index is 0.905. The Kier molecular flexibility index (Phi) is 27.2. The number of hydrogen-bond acceptors (Lipinski definition) is 10. The van der Waals surface area contributed by atoms with Crippen molar-refractivity contribution in [3.8, 4) is 11.1 Å². The number of nitrogens with one attached hydrogen (secondary N) is 2. The SMILES string of the molecule is CC[C@@H](O)[C@@H](OCc1ccccc1)[C@H](CO[C@H]1OC(COCc2ccccc2)[C@H](OCc2ccccc2)C(OCc2ccccc2)C1OCc1ccccc1)NC(=O)CCCCCCCCCCCNC(=O)c1ccc(-c2ccccc2)cc1. The Labute approximate surface area is 498 Å². The number of amides is 2. The lowest BCUT2D eigenvalue weighted by Crippen LogP contribution is -2.62. The van der Waals surface area contributed by atoms with Crippen molar-refractivity contribution in [1.82, 2.24) is 10.6 Å². The summed E-state index contributed by atoms with van der Waals surface area (Å²) in [6.07, 6.45) is 4.09. The Morgan fingerprint density at radius 1 is 0.488 bits per heavy atom. The number of hydrogen-bond donors (Lipinski definition) is 3. The first-order valence-corrected chi connectivity index (χ1v) is 30.3. The van der Waals surface area contributed by atoms with E-state index in [1.165, 1.54) is 0 Å². The van der Waals surface area contributed by atoms with Gasteiger partial charge >= 0.3 is 0 Å². The molecule has 84 heavy (non-hydrogen) atoms. The highest BCUT2D eigenvalue weighted by Crippen LogP contribution is 2.32. The van der Waals surface area contributed by atoms with Gasteiger partial charge in [-0.15, -0.1) is 0 Å². The van der Waals surface area contributed by atoms with E-state index in [4.69, 9.17) is 33.2 Å². The average molecular weight is 1140 g/mol. The molecular weight excluding hydrogens is 1050 g/mol. The van der Waals surface area contributed by atoms with Crippen molar-refractivity contribution >= 4 is 11.8 Å². The van der Waals surface area contributed by atoms with Gasteiger partial charge in [-0.05, 0) is 70.3 Å². The van der Waals surface area contributed by atoms with Gasteiger partial charge in [-0.3, -0.25) is 9.59 Å². The van der Waals surface area contributed by atoms with Gasteiger partial charge in [-0.2, -0.15) is 0 Å². The number of unbranched alkanes of at least 4 members (excludes halogenated alkanes) is 8. The van der Waals surface area contributed by atoms with E-state index in [-0.39, 0.29) is 51.5 Å². The van der Waals surface area contributed by atoms with Crippen molar-refractivity contribution in [2.75, 3.05) is 19.8 Å². The van der Waals surface area contributed by atoms with Crippen molar-refractivity contribution in [3.05, 3.63) is 240 Å². The fourth-order valence-corrected chi connectivity index (χ4v) is 10.5. The van der Waals surface area contributed by atoms with E-state index in [1.54, 1.807) is 0 Å². The molecule has 444 valence electrons. The van der Waals surface area contributed by atoms with Crippen molar-refractivity contribution in [3.63, 3.8) is 0 Å². The maximum absolute atomic E-state index is 14.1. The molecule has 0 spiro atoms. The first-order valence-electron chi connectivity index (χ1n) is 30.3. The van der Waals surface area contributed by atoms with Crippen LogP contribution in [0.25, 0.3) is 11.1 Å². The van der Waals surface area contributed by atoms with Crippen LogP contribution < -0.4 is 10.6 Å². The van der Waals surface area contributed by atoms with E-state index in [2.05, 4.69) is 22.8 Å². The van der Waals surface area contributed by atoms with Gasteiger partial charge in [0.05, 0.1) is 58.4 Å². The van der Waals surface area contributed by atoms with Crippen LogP contribution in [-0.4, -0.2) is 85.6 Å². The Hall–Kier alpha value is -6.84. The molecule has 1 aliphatic heterocycles. The second kappa shape index (κ2) is 36.1. The zero-order valence-electron chi connectivity index (χ0n) is 48.8. The second-order valence-electron chi connectivity index (χ2n) is 21.7. The molecule has 7 aromatic carbocycles. The summed E-state index contributed by atoms with van der Waals surface area (Å²) in [5, 5.41) is 18.1. The zero-order valence-corrected chi connectivity index (χ0v) is 48.8. The molecule has 8 rings (SSSR count). The lowest BCUT2D eigenvalue weighted by atomic mass is 9.97. The smallest absolute Gasteiger partial charge is 0.251 e. The third-order valence-electron chi connectivity index (χ3n) is 15.2. The number of carbonyl (C=O) groups is 2. The van der Waals surface area contributed by atoms with Crippen molar-refractivity contribution in [2.45, 2.75) is 160 Å². The van der Waals surface area contributed by atoms with Gasteiger partial charge in [-0.1, -0.05) is 246 Å². The van der Waals surface area contributed by atoms with Crippen LogP contribution in [0.1, 0.15) is 116 Å². The monoisotopic (exact) mass is 1140 g/mol. The summed E-state index contributed by atoms with van der Waals surface area (Å²) < 4.78 is 47.8. The third kappa shape index (κ3) is 21.3. The minimum atomic E-state index is -1.04. The molecule has 3 N–H and O–H groups in total. The topological polar surface area (TPSA) is 143 Å². The molecule has 0 bridgehead atoms. The second-order valence-corrected chi connectivity index (χ2v) is 21.7. The highest BCUT2D eigenvalue weighted by Gasteiger charge is 2.49. The van der Waals surface area contributed by atoms with Crippen LogP contribution in [0.5, 0.6) is 0 Å². The Bertz CT molecular complexity index is 2870. The summed E-state index contributed by atoms with van der Waals surface area (Å²) in [5.74, 6) is -0.189. The molecule has 0 saturated carbocycles. The van der Waals surface area contributed by atoms with Crippen LogP contribution in [0.2, 0.25) is 0 Å². The number of benzene rings is 7. The van der Waals surface area contributed by atoms with Gasteiger partial charge < -0.3 is 48.9 Å². The van der Waals surface area contributed by atoms with E-state index in [0.29, 0.717) is 31.6 Å². The van der Waals surface area contributed by atoms with Crippen LogP contribution in [0, 0.1) is 0 Å². The summed E-state index contributed by atoms with van der Waals surface area (Å²) >= 11 is 0.